The number of aliphatic carboxylic acids is 1. The molecule has 78 heavy (non-hydrogen) atoms. The van der Waals surface area contributed by atoms with Crippen LogP contribution in [0.15, 0.2) is 0 Å². The number of carbonyl (C=O) groups excluding carboxylic acids is 12. The first-order valence-electron chi connectivity index (χ1n) is 25.2. The summed E-state index contributed by atoms with van der Waals surface area (Å²) in [4.78, 5) is 169. The molecule has 0 saturated carbocycles. The lowest BCUT2D eigenvalue weighted by Crippen LogP contribution is -2.68. The third kappa shape index (κ3) is 22.5. The second kappa shape index (κ2) is 32.0. The second-order valence-corrected chi connectivity index (χ2v) is 20.1. The van der Waals surface area contributed by atoms with Gasteiger partial charge in [-0.15, -0.1) is 0 Å². The number of esters is 3. The maximum Gasteiger partial charge on any atom is 0.303 e. The van der Waals surface area contributed by atoms with Crippen molar-refractivity contribution in [2.45, 2.75) is 181 Å². The molecule has 9 amide bonds. The van der Waals surface area contributed by atoms with Crippen molar-refractivity contribution in [1.82, 2.24) is 47.4 Å². The fraction of sp³-hybridized carbons (Fsp3) is 0.708. The number of ether oxygens (including phenoxy) is 5. The Morgan fingerprint density at radius 2 is 1.31 bits per heavy atom. The number of carboxylic acid groups (broad SMARTS) is 1. The molecule has 0 aromatic carbocycles. The zero-order chi connectivity index (χ0) is 59.3. The van der Waals surface area contributed by atoms with E-state index >= 15 is 0 Å². The number of hydrogen-bond donors (Lipinski definition) is 10. The summed E-state index contributed by atoms with van der Waals surface area (Å²) >= 11 is 5.33. The minimum Gasteiger partial charge on any atom is -0.481 e. The Kier molecular flexibility index (Phi) is 27.5. The van der Waals surface area contributed by atoms with E-state index in [0.717, 1.165) is 27.7 Å². The number of nitrogens with one attached hydrogen (secondary N) is 8. The topological polar surface area (TPSA) is 414 Å². The molecular weight excluding hydrogens is 1050 g/mol. The predicted molar refractivity (Wildman–Crippen MR) is 274 cm³/mol. The fourth-order valence-electron chi connectivity index (χ4n) is 8.29. The van der Waals surface area contributed by atoms with E-state index in [4.69, 9.17) is 41.6 Å². The lowest BCUT2D eigenvalue weighted by atomic mass is 9.95. The summed E-state index contributed by atoms with van der Waals surface area (Å²) in [7, 11) is 0. The molecule has 0 bridgehead atoms. The van der Waals surface area contributed by atoms with Crippen molar-refractivity contribution < 1.29 is 91.1 Å². The molecular formula is C48H76N10O19S. The van der Waals surface area contributed by atoms with Crippen LogP contribution in [0.25, 0.3) is 0 Å². The fourth-order valence-corrected chi connectivity index (χ4v) is 8.43. The lowest BCUT2D eigenvalue weighted by molar-refractivity contribution is -0.286. The van der Waals surface area contributed by atoms with Gasteiger partial charge in [0.1, 0.15) is 55.0 Å². The van der Waals surface area contributed by atoms with Crippen LogP contribution in [0.2, 0.25) is 0 Å². The summed E-state index contributed by atoms with van der Waals surface area (Å²) in [5.41, 5.74) is 5.14. The maximum atomic E-state index is 14.7. The summed E-state index contributed by atoms with van der Waals surface area (Å²) < 4.78 is 28.9. The highest BCUT2D eigenvalue weighted by molar-refractivity contribution is 7.80. The van der Waals surface area contributed by atoms with Crippen molar-refractivity contribution in [2.24, 2.45) is 17.6 Å². The van der Waals surface area contributed by atoms with Gasteiger partial charge in [0.2, 0.25) is 53.2 Å². The Balaban J connectivity index is 2.61. The highest BCUT2D eigenvalue weighted by atomic mass is 32.1. The van der Waals surface area contributed by atoms with Crippen LogP contribution in [0.1, 0.15) is 108 Å². The molecule has 2 saturated heterocycles. The monoisotopic (exact) mass is 1130 g/mol. The predicted octanol–water partition coefficient (Wildman–Crippen LogP) is -3.41. The van der Waals surface area contributed by atoms with E-state index in [-0.39, 0.29) is 36.7 Å². The third-order valence-electron chi connectivity index (χ3n) is 11.9. The smallest absolute Gasteiger partial charge is 0.303 e. The number of amides is 9. The highest BCUT2D eigenvalue weighted by Crippen LogP contribution is 2.29. The van der Waals surface area contributed by atoms with Crippen molar-refractivity contribution in [3.8, 4) is 0 Å². The number of thiocarbonyl (C=S) groups is 1. The summed E-state index contributed by atoms with van der Waals surface area (Å²) in [5, 5.41) is 29.4. The molecule has 2 fully saturated rings. The van der Waals surface area contributed by atoms with Gasteiger partial charge in [0, 0.05) is 40.7 Å². The molecule has 0 spiro atoms. The molecule has 30 heteroatoms. The standard InChI is InChI=1S/C48H76N10O19S/c1-21(2)17-31(55-43(68)30(53-25(7)59)14-15-36(65)66)44(69)52-23(5)42(67)57-38(47(72)56-37(22(3)4)46(71)51-19-35(64)58-16-12-13-32(58)45(70)50-18-34(49)63)24(6)74-48-39(54-26(8)78)41(76-29(11)62)40(75-28(10)61)33(77-48)20-73-27(9)60/h21-24,30-33,37-41,48H,12-20H2,1-11H3,(H2,49,63)(H,50,70)(H,51,71)(H,52,69)(H,53,59)(H,54,78)(H,55,68)(H,56,72)(H,57,67)(H,65,66)/t23-,24+,30-,31-,32-,33+,37-,38-,39+,40-,41+,48-/m0/s1. The number of hydrogen-bond acceptors (Lipinski definition) is 19. The van der Waals surface area contributed by atoms with E-state index in [1.165, 1.54) is 25.7 Å². The molecule has 2 aliphatic heterocycles. The van der Waals surface area contributed by atoms with Gasteiger partial charge in [-0.25, -0.2) is 0 Å². The number of primary amides is 1. The molecule has 2 heterocycles. The summed E-state index contributed by atoms with van der Waals surface area (Å²) in [6.07, 6.45) is -7.61. The Morgan fingerprint density at radius 3 is 1.85 bits per heavy atom. The van der Waals surface area contributed by atoms with Crippen molar-refractivity contribution in [3.63, 3.8) is 0 Å². The zero-order valence-corrected chi connectivity index (χ0v) is 46.5. The Labute approximate surface area is 456 Å². The van der Waals surface area contributed by atoms with Crippen LogP contribution < -0.4 is 48.3 Å². The molecule has 438 valence electrons. The van der Waals surface area contributed by atoms with Gasteiger partial charge in [-0.05, 0) is 58.3 Å². The van der Waals surface area contributed by atoms with Crippen molar-refractivity contribution >= 4 is 94.2 Å². The van der Waals surface area contributed by atoms with Gasteiger partial charge in [-0.2, -0.15) is 0 Å². The van der Waals surface area contributed by atoms with Gasteiger partial charge >= 0.3 is 23.9 Å². The third-order valence-corrected chi connectivity index (χ3v) is 12.0. The molecule has 12 atom stereocenters. The van der Waals surface area contributed by atoms with Crippen LogP contribution in [0.3, 0.4) is 0 Å². The van der Waals surface area contributed by atoms with E-state index in [1.54, 1.807) is 27.7 Å². The van der Waals surface area contributed by atoms with Gasteiger partial charge in [-0.3, -0.25) is 62.3 Å². The van der Waals surface area contributed by atoms with E-state index in [0.29, 0.717) is 6.42 Å². The number of rotatable bonds is 29. The van der Waals surface area contributed by atoms with E-state index in [9.17, 15) is 67.4 Å². The average Bonchev–Trinajstić information content (AvgIpc) is 3.82. The molecule has 29 nitrogen and oxygen atoms in total. The minimum absolute atomic E-state index is 0.00554. The molecule has 2 aliphatic rings. The number of nitrogens with two attached hydrogens (primary N) is 1. The summed E-state index contributed by atoms with van der Waals surface area (Å²) in [6.45, 7) is 13.4. The largest absolute Gasteiger partial charge is 0.481 e. The Hall–Kier alpha value is -7.08. The van der Waals surface area contributed by atoms with Crippen LogP contribution in [0.5, 0.6) is 0 Å². The van der Waals surface area contributed by atoms with Crippen LogP contribution in [-0.2, 0) is 86.0 Å². The number of nitrogens with zero attached hydrogens (tertiary/aromatic N) is 1. The first-order valence-corrected chi connectivity index (χ1v) is 25.6. The zero-order valence-electron chi connectivity index (χ0n) is 45.7. The van der Waals surface area contributed by atoms with E-state index < -0.39 is 182 Å². The number of likely N-dealkylation sites (tertiary alicyclic amines) is 1. The number of carboxylic acids is 1. The van der Waals surface area contributed by atoms with E-state index in [2.05, 4.69) is 42.5 Å². The molecule has 0 aromatic heterocycles. The SMILES string of the molecule is CC(=O)N[C@@H](CCC(=O)O)C(=O)N[C@@H](CC(C)C)C(=O)N[C@@H](C)C(=O)N[C@H](C(=O)N[C@H](C(=O)NCC(=O)N1CCC[C@H]1C(=O)NCC(N)=O)C(C)C)[C@@H](C)O[C@H]1O[C@H](COC(C)=O)[C@H](OC(C)=O)[C@H](OC(C)=O)[C@H]1NC(C)=S. The molecule has 0 radical (unpaired) electrons. The van der Waals surface area contributed by atoms with Gasteiger partial charge < -0.3 is 82.0 Å². The lowest BCUT2D eigenvalue weighted by Gasteiger charge is -2.46. The summed E-state index contributed by atoms with van der Waals surface area (Å²) in [6, 6.07) is -9.73. The molecule has 0 aromatic rings. The maximum absolute atomic E-state index is 14.7. The Bertz CT molecular complexity index is 2230. The number of carbonyl (C=O) groups is 13. The van der Waals surface area contributed by atoms with E-state index in [1.807, 2.05) is 0 Å². The molecule has 0 unspecified atom stereocenters. The first-order chi connectivity index (χ1) is 36.3. The van der Waals surface area contributed by atoms with Crippen LogP contribution in [0, 0.1) is 11.8 Å². The average molecular weight is 1130 g/mol. The normalized spacial score (nSPS) is 21.1. The van der Waals surface area contributed by atoms with Gasteiger partial charge in [0.25, 0.3) is 0 Å². The molecule has 0 aliphatic carbocycles. The second-order valence-electron chi connectivity index (χ2n) is 19.5. The minimum atomic E-state index is -1.83. The van der Waals surface area contributed by atoms with Crippen LogP contribution in [-0.4, -0.2) is 191 Å². The van der Waals surface area contributed by atoms with Gasteiger partial charge in [-0.1, -0.05) is 39.9 Å². The van der Waals surface area contributed by atoms with Crippen LogP contribution in [0.4, 0.5) is 0 Å². The van der Waals surface area contributed by atoms with Gasteiger partial charge in [0.05, 0.1) is 24.2 Å². The highest BCUT2D eigenvalue weighted by Gasteiger charge is 2.52. The molecule has 11 N–H and O–H groups in total. The molecule has 2 rings (SSSR count). The first kappa shape index (κ1) is 67.0. The van der Waals surface area contributed by atoms with Crippen molar-refractivity contribution in [2.75, 3.05) is 26.2 Å². The van der Waals surface area contributed by atoms with Gasteiger partial charge in [0.15, 0.2) is 18.5 Å². The van der Waals surface area contributed by atoms with Crippen molar-refractivity contribution in [3.05, 3.63) is 0 Å². The van der Waals surface area contributed by atoms with Crippen molar-refractivity contribution in [1.29, 1.82) is 0 Å². The van der Waals surface area contributed by atoms with Crippen LogP contribution >= 0.6 is 12.2 Å². The summed E-state index contributed by atoms with van der Waals surface area (Å²) in [5.74, 6) is -12.1. The quantitative estimate of drug-likeness (QED) is 0.0198. The Morgan fingerprint density at radius 1 is 0.705 bits per heavy atom.